The molecule has 0 aliphatic heterocycles. The van der Waals surface area contributed by atoms with E-state index in [4.69, 9.17) is 16.3 Å². The molecule has 164 valence electrons. The van der Waals surface area contributed by atoms with Gasteiger partial charge in [0, 0.05) is 13.0 Å². The largest absolute Gasteiger partial charge is 0.484 e. The molecular weight excluding hydrogens is 430 g/mol. The molecule has 0 radical (unpaired) electrons. The van der Waals surface area contributed by atoms with Crippen LogP contribution in [0, 0.1) is 0 Å². The van der Waals surface area contributed by atoms with Crippen molar-refractivity contribution in [2.45, 2.75) is 6.42 Å². The molecule has 0 bridgehead atoms. The van der Waals surface area contributed by atoms with E-state index in [0.717, 1.165) is 11.1 Å². The Balaban J connectivity index is 1.33. The lowest BCUT2D eigenvalue weighted by Gasteiger charge is -2.10. The highest BCUT2D eigenvalue weighted by Gasteiger charge is 2.10. The van der Waals surface area contributed by atoms with Crippen molar-refractivity contribution in [1.29, 1.82) is 0 Å². The smallest absolute Gasteiger partial charge is 0.276 e. The van der Waals surface area contributed by atoms with Gasteiger partial charge in [0.1, 0.15) is 5.75 Å². The molecule has 3 N–H and O–H groups in total. The van der Waals surface area contributed by atoms with Crippen LogP contribution in [0.4, 0.5) is 0 Å². The van der Waals surface area contributed by atoms with Crippen LogP contribution in [-0.4, -0.2) is 30.9 Å². The molecule has 7 nitrogen and oxygen atoms in total. The molecule has 0 unspecified atom stereocenters. The minimum absolute atomic E-state index is 0.0156. The SMILES string of the molecule is O=C(CCNC(=O)c1ccccc1Cl)NNC(=O)COc1ccc(-c2ccccc2)cc1. The molecule has 0 fully saturated rings. The molecule has 0 aliphatic rings. The van der Waals surface area contributed by atoms with Gasteiger partial charge in [0.2, 0.25) is 5.91 Å². The maximum absolute atomic E-state index is 12.0. The highest BCUT2D eigenvalue weighted by atomic mass is 35.5. The first kappa shape index (κ1) is 22.8. The lowest BCUT2D eigenvalue weighted by atomic mass is 10.1. The summed E-state index contributed by atoms with van der Waals surface area (Å²) < 4.78 is 5.43. The van der Waals surface area contributed by atoms with Crippen LogP contribution in [0.3, 0.4) is 0 Å². The number of halogens is 1. The molecule has 0 saturated carbocycles. The third kappa shape index (κ3) is 6.85. The lowest BCUT2D eigenvalue weighted by Crippen LogP contribution is -2.44. The standard InChI is InChI=1S/C24H22ClN3O4/c25-21-9-5-4-8-20(21)24(31)26-15-14-22(29)27-28-23(30)16-32-19-12-10-18(11-13-19)17-6-2-1-3-7-17/h1-13H,14-16H2,(H,26,31)(H,27,29)(H,28,30). The van der Waals surface area contributed by atoms with Gasteiger partial charge in [-0.05, 0) is 35.4 Å². The summed E-state index contributed by atoms with van der Waals surface area (Å²) in [4.78, 5) is 35.7. The molecule has 8 heteroatoms. The highest BCUT2D eigenvalue weighted by Crippen LogP contribution is 2.22. The van der Waals surface area contributed by atoms with Crippen LogP contribution >= 0.6 is 11.6 Å². The zero-order chi connectivity index (χ0) is 22.8. The van der Waals surface area contributed by atoms with Crippen LogP contribution in [0.1, 0.15) is 16.8 Å². The topological polar surface area (TPSA) is 96.5 Å². The third-order valence-corrected chi connectivity index (χ3v) is 4.76. The fourth-order valence-corrected chi connectivity index (χ4v) is 3.01. The molecule has 3 amide bonds. The monoisotopic (exact) mass is 451 g/mol. The molecule has 0 aliphatic carbocycles. The lowest BCUT2D eigenvalue weighted by molar-refractivity contribution is -0.129. The van der Waals surface area contributed by atoms with Crippen molar-refractivity contribution < 1.29 is 19.1 Å². The predicted octanol–water partition coefficient (Wildman–Crippen LogP) is 3.35. The van der Waals surface area contributed by atoms with Crippen LogP contribution < -0.4 is 20.9 Å². The minimum atomic E-state index is -0.509. The predicted molar refractivity (Wildman–Crippen MR) is 122 cm³/mol. The second kappa shape index (κ2) is 11.5. The van der Waals surface area contributed by atoms with E-state index in [-0.39, 0.29) is 25.5 Å². The van der Waals surface area contributed by atoms with Crippen molar-refractivity contribution in [2.24, 2.45) is 0 Å². The number of carbonyl (C=O) groups excluding carboxylic acids is 3. The number of hydrogen-bond donors (Lipinski definition) is 3. The number of nitrogens with one attached hydrogen (secondary N) is 3. The highest BCUT2D eigenvalue weighted by molar-refractivity contribution is 6.33. The van der Waals surface area contributed by atoms with Gasteiger partial charge in [-0.15, -0.1) is 0 Å². The van der Waals surface area contributed by atoms with Crippen molar-refractivity contribution in [3.63, 3.8) is 0 Å². The van der Waals surface area contributed by atoms with E-state index in [1.807, 2.05) is 42.5 Å². The van der Waals surface area contributed by atoms with Gasteiger partial charge >= 0.3 is 0 Å². The van der Waals surface area contributed by atoms with Gasteiger partial charge in [-0.25, -0.2) is 0 Å². The molecule has 0 saturated heterocycles. The van der Waals surface area contributed by atoms with Gasteiger partial charge in [-0.1, -0.05) is 66.2 Å². The zero-order valence-electron chi connectivity index (χ0n) is 17.1. The number of rotatable bonds is 8. The average molecular weight is 452 g/mol. The molecule has 3 rings (SSSR count). The summed E-state index contributed by atoms with van der Waals surface area (Å²) >= 11 is 5.96. The summed E-state index contributed by atoms with van der Waals surface area (Å²) in [5.41, 5.74) is 7.00. The fraction of sp³-hybridized carbons (Fsp3) is 0.125. The fourth-order valence-electron chi connectivity index (χ4n) is 2.79. The van der Waals surface area contributed by atoms with Crippen molar-refractivity contribution in [3.8, 4) is 16.9 Å². The minimum Gasteiger partial charge on any atom is -0.484 e. The number of hydrogen-bond acceptors (Lipinski definition) is 4. The Morgan fingerprint density at radius 2 is 1.38 bits per heavy atom. The third-order valence-electron chi connectivity index (χ3n) is 4.43. The molecule has 0 spiro atoms. The molecular formula is C24H22ClN3O4. The molecule has 0 aromatic heterocycles. The molecule has 3 aromatic carbocycles. The van der Waals surface area contributed by atoms with Crippen LogP contribution in [0.5, 0.6) is 5.75 Å². The van der Waals surface area contributed by atoms with Crippen molar-refractivity contribution in [3.05, 3.63) is 89.4 Å². The Hall–Kier alpha value is -3.84. The average Bonchev–Trinajstić information content (AvgIpc) is 2.82. The van der Waals surface area contributed by atoms with Crippen LogP contribution in [0.2, 0.25) is 5.02 Å². The van der Waals surface area contributed by atoms with E-state index in [0.29, 0.717) is 16.3 Å². The van der Waals surface area contributed by atoms with E-state index in [1.54, 1.807) is 36.4 Å². The first-order chi connectivity index (χ1) is 15.5. The van der Waals surface area contributed by atoms with Gasteiger partial charge in [0.15, 0.2) is 6.61 Å². The van der Waals surface area contributed by atoms with Crippen LogP contribution in [0.15, 0.2) is 78.9 Å². The normalized spacial score (nSPS) is 10.2. The molecule has 0 heterocycles. The van der Waals surface area contributed by atoms with Gasteiger partial charge in [0.25, 0.3) is 11.8 Å². The van der Waals surface area contributed by atoms with E-state index < -0.39 is 11.8 Å². The van der Waals surface area contributed by atoms with Crippen LogP contribution in [-0.2, 0) is 9.59 Å². The van der Waals surface area contributed by atoms with Gasteiger partial charge in [-0.2, -0.15) is 0 Å². The van der Waals surface area contributed by atoms with E-state index in [2.05, 4.69) is 16.2 Å². The molecule has 32 heavy (non-hydrogen) atoms. The summed E-state index contributed by atoms with van der Waals surface area (Å²) in [6, 6.07) is 23.9. The Morgan fingerprint density at radius 1 is 0.750 bits per heavy atom. The number of amides is 3. The first-order valence-corrected chi connectivity index (χ1v) is 10.3. The van der Waals surface area contributed by atoms with Gasteiger partial charge < -0.3 is 10.1 Å². The van der Waals surface area contributed by atoms with Crippen molar-refractivity contribution in [2.75, 3.05) is 13.2 Å². The van der Waals surface area contributed by atoms with E-state index >= 15 is 0 Å². The second-order valence-corrected chi connectivity index (χ2v) is 7.17. The molecule has 0 atom stereocenters. The van der Waals surface area contributed by atoms with Crippen molar-refractivity contribution >= 4 is 29.3 Å². The van der Waals surface area contributed by atoms with E-state index in [1.165, 1.54) is 0 Å². The molecule has 3 aromatic rings. The summed E-state index contributed by atoms with van der Waals surface area (Å²) in [7, 11) is 0. The Bertz CT molecular complexity index is 1070. The number of carbonyl (C=O) groups is 3. The van der Waals surface area contributed by atoms with E-state index in [9.17, 15) is 14.4 Å². The van der Waals surface area contributed by atoms with Gasteiger partial charge in [-0.3, -0.25) is 25.2 Å². The maximum Gasteiger partial charge on any atom is 0.276 e. The quantitative estimate of drug-likeness (QED) is 0.457. The summed E-state index contributed by atoms with van der Waals surface area (Å²) in [6.45, 7) is -0.162. The number of ether oxygens (including phenoxy) is 1. The Morgan fingerprint density at radius 3 is 2.09 bits per heavy atom. The Labute approximate surface area is 190 Å². The Kier molecular flexibility index (Phi) is 8.22. The summed E-state index contributed by atoms with van der Waals surface area (Å²) in [6.07, 6.45) is -0.0156. The zero-order valence-corrected chi connectivity index (χ0v) is 17.9. The van der Waals surface area contributed by atoms with Crippen molar-refractivity contribution in [1.82, 2.24) is 16.2 Å². The maximum atomic E-state index is 12.0. The number of hydrazine groups is 1. The van der Waals surface area contributed by atoms with Gasteiger partial charge in [0.05, 0.1) is 10.6 Å². The number of benzene rings is 3. The summed E-state index contributed by atoms with van der Waals surface area (Å²) in [5, 5.41) is 2.93. The summed E-state index contributed by atoms with van der Waals surface area (Å²) in [5.74, 6) is -0.803. The second-order valence-electron chi connectivity index (χ2n) is 6.76. The van der Waals surface area contributed by atoms with Crippen LogP contribution in [0.25, 0.3) is 11.1 Å². The first-order valence-electron chi connectivity index (χ1n) is 9.91.